The predicted octanol–water partition coefficient (Wildman–Crippen LogP) is 4.54. The Balaban J connectivity index is 1.32. The summed E-state index contributed by atoms with van der Waals surface area (Å²) >= 11 is 5.10. The molecule has 150 valence electrons. The Hall–Kier alpha value is -2.22. The van der Waals surface area contributed by atoms with Crippen LogP contribution in [0.5, 0.6) is 5.75 Å². The van der Waals surface area contributed by atoms with Gasteiger partial charge in [0.15, 0.2) is 0 Å². The van der Waals surface area contributed by atoms with Crippen LogP contribution in [-0.2, 0) is 6.54 Å². The molecule has 1 aliphatic rings. The molecule has 5 nitrogen and oxygen atoms in total. The molecule has 1 aromatic heterocycles. The highest BCUT2D eigenvalue weighted by Gasteiger charge is 2.22. The van der Waals surface area contributed by atoms with Crippen LogP contribution in [0.15, 0.2) is 58.4 Å². The van der Waals surface area contributed by atoms with E-state index in [4.69, 9.17) is 9.72 Å². The van der Waals surface area contributed by atoms with Gasteiger partial charge in [-0.1, -0.05) is 15.9 Å². The molecule has 0 spiro atoms. The van der Waals surface area contributed by atoms with E-state index in [1.165, 1.54) is 0 Å². The average Bonchev–Trinajstić information content (AvgIpc) is 3.23. The largest absolute Gasteiger partial charge is 0.497 e. The summed E-state index contributed by atoms with van der Waals surface area (Å²) in [6, 6.07) is 15.5. The summed E-state index contributed by atoms with van der Waals surface area (Å²) in [4.78, 5) is 21.7. The van der Waals surface area contributed by atoms with Gasteiger partial charge in [0, 0.05) is 47.2 Å². The maximum absolute atomic E-state index is 12.7. The second kappa shape index (κ2) is 9.07. The fourth-order valence-corrected chi connectivity index (χ4v) is 4.46. The number of carbonyl (C=O) groups excluding carboxylic acids is 1. The van der Waals surface area contributed by atoms with Gasteiger partial charge in [-0.05, 0) is 48.5 Å². The van der Waals surface area contributed by atoms with Gasteiger partial charge in [0.25, 0.3) is 5.91 Å². The van der Waals surface area contributed by atoms with E-state index < -0.39 is 0 Å². The standard InChI is InChI=1S/C22H22BrN3O2S/c1-28-19-8-4-16(5-9-19)20-15-29-21(24-20)14-25-10-12-26(13-11-25)22(27)17-2-6-18(23)7-3-17/h2-9,15H,10-14H2,1H3. The van der Waals surface area contributed by atoms with Crippen molar-refractivity contribution >= 4 is 33.2 Å². The number of carbonyl (C=O) groups is 1. The lowest BCUT2D eigenvalue weighted by molar-refractivity contribution is 0.0628. The SMILES string of the molecule is COc1ccc(-c2csc(CN3CCN(C(=O)c4ccc(Br)cc4)CC3)n2)cc1. The minimum Gasteiger partial charge on any atom is -0.497 e. The molecule has 29 heavy (non-hydrogen) atoms. The second-order valence-corrected chi connectivity index (χ2v) is 8.79. The summed E-state index contributed by atoms with van der Waals surface area (Å²) in [7, 11) is 1.67. The predicted molar refractivity (Wildman–Crippen MR) is 119 cm³/mol. The first-order valence-corrected chi connectivity index (χ1v) is 11.2. The number of piperazine rings is 1. The molecule has 4 rings (SSSR count). The van der Waals surface area contributed by atoms with Crippen molar-refractivity contribution in [1.82, 2.24) is 14.8 Å². The lowest BCUT2D eigenvalue weighted by atomic mass is 10.2. The molecule has 0 radical (unpaired) electrons. The fourth-order valence-electron chi connectivity index (χ4n) is 3.35. The highest BCUT2D eigenvalue weighted by molar-refractivity contribution is 9.10. The molecular weight excluding hydrogens is 450 g/mol. The summed E-state index contributed by atoms with van der Waals surface area (Å²) < 4.78 is 6.20. The van der Waals surface area contributed by atoms with E-state index in [0.29, 0.717) is 0 Å². The van der Waals surface area contributed by atoms with Gasteiger partial charge in [0.05, 0.1) is 19.3 Å². The van der Waals surface area contributed by atoms with Crippen LogP contribution in [-0.4, -0.2) is 54.0 Å². The number of halogens is 1. The third kappa shape index (κ3) is 4.86. The van der Waals surface area contributed by atoms with Crippen LogP contribution in [0.3, 0.4) is 0 Å². The minimum absolute atomic E-state index is 0.105. The molecular formula is C22H22BrN3O2S. The first kappa shape index (κ1) is 20.1. The molecule has 1 fully saturated rings. The van der Waals surface area contributed by atoms with Crippen molar-refractivity contribution in [3.8, 4) is 17.0 Å². The van der Waals surface area contributed by atoms with Crippen molar-refractivity contribution in [2.75, 3.05) is 33.3 Å². The molecule has 0 saturated carbocycles. The first-order valence-electron chi connectivity index (χ1n) is 9.48. The summed E-state index contributed by atoms with van der Waals surface area (Å²) in [6.45, 7) is 4.03. The topological polar surface area (TPSA) is 45.7 Å². The zero-order valence-corrected chi connectivity index (χ0v) is 18.6. The monoisotopic (exact) mass is 471 g/mol. The van der Waals surface area contributed by atoms with Gasteiger partial charge < -0.3 is 9.64 Å². The minimum atomic E-state index is 0.105. The lowest BCUT2D eigenvalue weighted by Crippen LogP contribution is -2.48. The van der Waals surface area contributed by atoms with Gasteiger partial charge in [0.2, 0.25) is 0 Å². The van der Waals surface area contributed by atoms with Gasteiger partial charge in [-0.15, -0.1) is 11.3 Å². The molecule has 0 N–H and O–H groups in total. The van der Waals surface area contributed by atoms with E-state index in [-0.39, 0.29) is 5.91 Å². The third-order valence-electron chi connectivity index (χ3n) is 5.05. The van der Waals surface area contributed by atoms with Crippen LogP contribution in [0, 0.1) is 0 Å². The van der Waals surface area contributed by atoms with Crippen LogP contribution >= 0.6 is 27.3 Å². The zero-order chi connectivity index (χ0) is 20.2. The molecule has 0 aliphatic carbocycles. The highest BCUT2D eigenvalue weighted by Crippen LogP contribution is 2.25. The van der Waals surface area contributed by atoms with E-state index >= 15 is 0 Å². The summed E-state index contributed by atoms with van der Waals surface area (Å²) in [5, 5.41) is 3.20. The van der Waals surface area contributed by atoms with Crippen molar-refractivity contribution in [2.24, 2.45) is 0 Å². The summed E-state index contributed by atoms with van der Waals surface area (Å²) in [5.41, 5.74) is 2.83. The van der Waals surface area contributed by atoms with Crippen LogP contribution in [0.1, 0.15) is 15.4 Å². The Morgan fingerprint density at radius 1 is 1.07 bits per heavy atom. The number of aromatic nitrogens is 1. The summed E-state index contributed by atoms with van der Waals surface area (Å²) in [5.74, 6) is 0.952. The Labute approximate surface area is 183 Å². The molecule has 0 bridgehead atoms. The first-order chi connectivity index (χ1) is 14.1. The second-order valence-electron chi connectivity index (χ2n) is 6.93. The molecule has 2 aromatic carbocycles. The van der Waals surface area contributed by atoms with E-state index in [1.54, 1.807) is 18.4 Å². The van der Waals surface area contributed by atoms with Crippen LogP contribution in [0.4, 0.5) is 0 Å². The van der Waals surface area contributed by atoms with Crippen molar-refractivity contribution in [2.45, 2.75) is 6.54 Å². The molecule has 7 heteroatoms. The third-order valence-corrected chi connectivity index (χ3v) is 6.41. The van der Waals surface area contributed by atoms with Gasteiger partial charge in [0.1, 0.15) is 10.8 Å². The smallest absolute Gasteiger partial charge is 0.253 e. The molecule has 0 unspecified atom stereocenters. The lowest BCUT2D eigenvalue weighted by Gasteiger charge is -2.34. The number of rotatable bonds is 5. The number of benzene rings is 2. The van der Waals surface area contributed by atoms with Gasteiger partial charge >= 0.3 is 0 Å². The normalized spacial score (nSPS) is 14.8. The maximum Gasteiger partial charge on any atom is 0.253 e. The van der Waals surface area contributed by atoms with E-state index in [1.807, 2.05) is 53.4 Å². The number of methoxy groups -OCH3 is 1. The van der Waals surface area contributed by atoms with E-state index in [2.05, 4.69) is 26.2 Å². The van der Waals surface area contributed by atoms with Crippen LogP contribution in [0.25, 0.3) is 11.3 Å². The highest BCUT2D eigenvalue weighted by atomic mass is 79.9. The van der Waals surface area contributed by atoms with E-state index in [9.17, 15) is 4.79 Å². The Morgan fingerprint density at radius 3 is 2.41 bits per heavy atom. The van der Waals surface area contributed by atoms with Crippen molar-refractivity contribution in [3.05, 3.63) is 69.0 Å². The van der Waals surface area contributed by atoms with Crippen LogP contribution in [0.2, 0.25) is 0 Å². The molecule has 1 aliphatic heterocycles. The Morgan fingerprint density at radius 2 is 1.76 bits per heavy atom. The molecule has 1 saturated heterocycles. The van der Waals surface area contributed by atoms with Crippen molar-refractivity contribution in [3.63, 3.8) is 0 Å². The van der Waals surface area contributed by atoms with Crippen LogP contribution < -0.4 is 4.74 Å². The quantitative estimate of drug-likeness (QED) is 0.547. The Bertz CT molecular complexity index is 964. The Kier molecular flexibility index (Phi) is 6.28. The number of hydrogen-bond donors (Lipinski definition) is 0. The number of hydrogen-bond acceptors (Lipinski definition) is 5. The van der Waals surface area contributed by atoms with Crippen molar-refractivity contribution < 1.29 is 9.53 Å². The number of amides is 1. The number of nitrogens with zero attached hydrogens (tertiary/aromatic N) is 3. The average molecular weight is 472 g/mol. The fraction of sp³-hybridized carbons (Fsp3) is 0.273. The molecule has 3 aromatic rings. The summed E-state index contributed by atoms with van der Waals surface area (Å²) in [6.07, 6.45) is 0. The van der Waals surface area contributed by atoms with E-state index in [0.717, 1.165) is 64.8 Å². The number of ether oxygens (including phenoxy) is 1. The van der Waals surface area contributed by atoms with Gasteiger partial charge in [-0.2, -0.15) is 0 Å². The maximum atomic E-state index is 12.7. The zero-order valence-electron chi connectivity index (χ0n) is 16.2. The van der Waals surface area contributed by atoms with Crippen molar-refractivity contribution in [1.29, 1.82) is 0 Å². The van der Waals surface area contributed by atoms with Gasteiger partial charge in [-0.25, -0.2) is 4.98 Å². The molecule has 0 atom stereocenters. The van der Waals surface area contributed by atoms with Gasteiger partial charge in [-0.3, -0.25) is 9.69 Å². The molecule has 1 amide bonds. The number of thiazole rings is 1. The molecule has 2 heterocycles.